The molecule has 7 heteroatoms. The van der Waals surface area contributed by atoms with Crippen LogP contribution in [0.3, 0.4) is 0 Å². The number of ether oxygens (including phenoxy) is 1. The quantitative estimate of drug-likeness (QED) is 0.441. The van der Waals surface area contributed by atoms with E-state index in [1.54, 1.807) is 17.7 Å². The number of nitrogens with zero attached hydrogens (tertiary/aromatic N) is 3. The lowest BCUT2D eigenvalue weighted by Crippen LogP contribution is -2.47. The Labute approximate surface area is 213 Å². The van der Waals surface area contributed by atoms with Crippen molar-refractivity contribution in [3.8, 4) is 0 Å². The molecule has 0 spiro atoms. The fraction of sp³-hybridized carbons (Fsp3) is 0.517. The van der Waals surface area contributed by atoms with Crippen LogP contribution >= 0.6 is 0 Å². The second-order valence-corrected chi connectivity index (χ2v) is 10.2. The van der Waals surface area contributed by atoms with Crippen LogP contribution < -0.4 is 10.9 Å². The number of carbonyl (C=O) groups excluding carboxylic acids is 1. The minimum atomic E-state index is -0.161. The van der Waals surface area contributed by atoms with Gasteiger partial charge >= 0.3 is 0 Å². The number of para-hydroxylation sites is 1. The summed E-state index contributed by atoms with van der Waals surface area (Å²) in [6.45, 7) is 6.56. The van der Waals surface area contributed by atoms with Gasteiger partial charge in [-0.2, -0.15) is 0 Å². The maximum Gasteiger partial charge on any atom is 0.250 e. The number of hydrogen-bond donors (Lipinski definition) is 1. The summed E-state index contributed by atoms with van der Waals surface area (Å²) in [5.74, 6) is 0.114. The number of nitrogens with one attached hydrogen (secondary N) is 1. The summed E-state index contributed by atoms with van der Waals surface area (Å²) in [5, 5.41) is 4.66. The molecule has 1 saturated heterocycles. The third-order valence-electron chi connectivity index (χ3n) is 7.73. The highest BCUT2D eigenvalue weighted by Crippen LogP contribution is 2.36. The normalized spacial score (nSPS) is 20.1. The van der Waals surface area contributed by atoms with Gasteiger partial charge in [-0.15, -0.1) is 0 Å². The Morgan fingerprint density at radius 1 is 1.19 bits per heavy atom. The second kappa shape index (κ2) is 11.0. The zero-order chi connectivity index (χ0) is 25.1. The summed E-state index contributed by atoms with van der Waals surface area (Å²) in [5.41, 5.74) is 3.38. The van der Waals surface area contributed by atoms with Crippen LogP contribution in [-0.4, -0.2) is 52.3 Å². The summed E-state index contributed by atoms with van der Waals surface area (Å²) in [6, 6.07) is 12.5. The van der Waals surface area contributed by atoms with E-state index in [-0.39, 0.29) is 23.3 Å². The maximum absolute atomic E-state index is 14.1. The van der Waals surface area contributed by atoms with Gasteiger partial charge in [0, 0.05) is 75.3 Å². The van der Waals surface area contributed by atoms with Gasteiger partial charge in [0.15, 0.2) is 0 Å². The standard InChI is InChI=1S/C29H38N4O3/c1-3-36-16-6-14-32-19-22(25-7-4-5-8-27(25)32)20-33(23-9-10-23)29(35)26-18-30-13-11-24(26)21-12-15-31(2)28(34)17-21/h4-5,7-8,12,15,17,19,23-24,26,30H,3,6,9-11,13-14,16,18,20H2,1-2H3/t24?,26-/m0/s1. The highest BCUT2D eigenvalue weighted by atomic mass is 16.5. The Bertz CT molecular complexity index is 1260. The minimum Gasteiger partial charge on any atom is -0.382 e. The molecule has 2 atom stereocenters. The molecule has 1 aliphatic heterocycles. The molecule has 5 rings (SSSR count). The lowest BCUT2D eigenvalue weighted by molar-refractivity contribution is -0.138. The van der Waals surface area contributed by atoms with Gasteiger partial charge in [-0.05, 0) is 68.3 Å². The summed E-state index contributed by atoms with van der Waals surface area (Å²) in [7, 11) is 1.76. The first-order chi connectivity index (χ1) is 17.6. The van der Waals surface area contributed by atoms with E-state index in [0.717, 1.165) is 57.6 Å². The largest absolute Gasteiger partial charge is 0.382 e. The van der Waals surface area contributed by atoms with Crippen molar-refractivity contribution < 1.29 is 9.53 Å². The number of aryl methyl sites for hydroxylation is 2. The molecule has 0 radical (unpaired) electrons. The zero-order valence-corrected chi connectivity index (χ0v) is 21.5. The van der Waals surface area contributed by atoms with Gasteiger partial charge in [-0.1, -0.05) is 18.2 Å². The van der Waals surface area contributed by atoms with Crippen LogP contribution in [0, 0.1) is 5.92 Å². The van der Waals surface area contributed by atoms with Gasteiger partial charge in [0.25, 0.3) is 5.56 Å². The van der Waals surface area contributed by atoms with Crippen molar-refractivity contribution in [2.24, 2.45) is 13.0 Å². The molecule has 2 aromatic heterocycles. The molecular formula is C29H38N4O3. The van der Waals surface area contributed by atoms with Crippen LogP contribution in [0.5, 0.6) is 0 Å². The first-order valence-electron chi connectivity index (χ1n) is 13.4. The maximum atomic E-state index is 14.1. The number of piperidine rings is 1. The smallest absolute Gasteiger partial charge is 0.250 e. The van der Waals surface area contributed by atoms with Crippen molar-refractivity contribution in [2.75, 3.05) is 26.3 Å². The molecular weight excluding hydrogens is 452 g/mol. The van der Waals surface area contributed by atoms with E-state index >= 15 is 0 Å². The molecule has 2 aliphatic rings. The first-order valence-corrected chi connectivity index (χ1v) is 13.4. The fourth-order valence-corrected chi connectivity index (χ4v) is 5.60. The molecule has 192 valence electrons. The van der Waals surface area contributed by atoms with Crippen LogP contribution in [0.15, 0.2) is 53.6 Å². The number of fused-ring (bicyclic) bond motifs is 1. The van der Waals surface area contributed by atoms with Crippen molar-refractivity contribution in [3.63, 3.8) is 0 Å². The Morgan fingerprint density at radius 3 is 2.81 bits per heavy atom. The molecule has 1 N–H and O–H groups in total. The van der Waals surface area contributed by atoms with Crippen molar-refractivity contribution in [1.82, 2.24) is 19.4 Å². The van der Waals surface area contributed by atoms with Gasteiger partial charge in [-0.3, -0.25) is 9.59 Å². The predicted molar refractivity (Wildman–Crippen MR) is 142 cm³/mol. The third kappa shape index (κ3) is 5.27. The number of hydrogen-bond acceptors (Lipinski definition) is 4. The molecule has 3 aromatic rings. The highest BCUT2D eigenvalue weighted by molar-refractivity contribution is 5.85. The van der Waals surface area contributed by atoms with E-state index in [1.807, 2.05) is 19.2 Å². The second-order valence-electron chi connectivity index (χ2n) is 10.2. The van der Waals surface area contributed by atoms with E-state index < -0.39 is 0 Å². The zero-order valence-electron chi connectivity index (χ0n) is 21.5. The summed E-state index contributed by atoms with van der Waals surface area (Å²) in [4.78, 5) is 28.5. The molecule has 2 fully saturated rings. The molecule has 1 aromatic carbocycles. The molecule has 7 nitrogen and oxygen atoms in total. The van der Waals surface area contributed by atoms with Crippen molar-refractivity contribution in [3.05, 3.63) is 70.3 Å². The average Bonchev–Trinajstić information content (AvgIpc) is 3.69. The Morgan fingerprint density at radius 2 is 2.03 bits per heavy atom. The predicted octanol–water partition coefficient (Wildman–Crippen LogP) is 3.65. The van der Waals surface area contributed by atoms with Crippen molar-refractivity contribution in [2.45, 2.75) is 57.7 Å². The summed E-state index contributed by atoms with van der Waals surface area (Å²) >= 11 is 0. The van der Waals surface area contributed by atoms with Crippen LogP contribution in [-0.2, 0) is 29.7 Å². The van der Waals surface area contributed by atoms with Crippen LogP contribution in [0.2, 0.25) is 0 Å². The van der Waals surface area contributed by atoms with E-state index in [4.69, 9.17) is 4.74 Å². The number of benzene rings is 1. The molecule has 1 saturated carbocycles. The van der Waals surface area contributed by atoms with Crippen LogP contribution in [0.1, 0.15) is 49.7 Å². The highest BCUT2D eigenvalue weighted by Gasteiger charge is 2.40. The van der Waals surface area contributed by atoms with Gasteiger partial charge in [0.05, 0.1) is 5.92 Å². The first kappa shape index (κ1) is 24.8. The number of rotatable bonds is 10. The van der Waals surface area contributed by atoms with E-state index in [2.05, 4.69) is 45.2 Å². The lowest BCUT2D eigenvalue weighted by atomic mass is 9.80. The number of pyridine rings is 1. The molecule has 1 amide bonds. The third-order valence-corrected chi connectivity index (χ3v) is 7.73. The average molecular weight is 491 g/mol. The monoisotopic (exact) mass is 490 g/mol. The number of carbonyl (C=O) groups is 1. The summed E-state index contributed by atoms with van der Waals surface area (Å²) in [6.07, 6.45) is 8.01. The Kier molecular flexibility index (Phi) is 7.58. The Hall–Kier alpha value is -2.90. The van der Waals surface area contributed by atoms with Crippen molar-refractivity contribution >= 4 is 16.8 Å². The molecule has 0 bridgehead atoms. The van der Waals surface area contributed by atoms with Gasteiger partial charge < -0.3 is 24.1 Å². The van der Waals surface area contributed by atoms with Crippen LogP contribution in [0.25, 0.3) is 10.9 Å². The molecule has 3 heterocycles. The molecule has 1 aliphatic carbocycles. The Balaban J connectivity index is 1.39. The van der Waals surface area contributed by atoms with Gasteiger partial charge in [0.1, 0.15) is 0 Å². The SMILES string of the molecule is CCOCCCn1cc(CN(C(=O)[C@H]2CNCCC2c2ccn(C)c(=O)c2)C2CC2)c2ccccc21. The molecule has 1 unspecified atom stereocenters. The summed E-state index contributed by atoms with van der Waals surface area (Å²) < 4.78 is 9.44. The van der Waals surface area contributed by atoms with Crippen molar-refractivity contribution in [1.29, 1.82) is 0 Å². The molecule has 36 heavy (non-hydrogen) atoms. The van der Waals surface area contributed by atoms with Crippen LogP contribution in [0.4, 0.5) is 0 Å². The number of amides is 1. The fourth-order valence-electron chi connectivity index (χ4n) is 5.60. The van der Waals surface area contributed by atoms with Gasteiger partial charge in [-0.25, -0.2) is 0 Å². The van der Waals surface area contributed by atoms with E-state index in [9.17, 15) is 9.59 Å². The number of aromatic nitrogens is 2. The topological polar surface area (TPSA) is 68.5 Å². The van der Waals surface area contributed by atoms with E-state index in [1.165, 1.54) is 16.5 Å². The van der Waals surface area contributed by atoms with E-state index in [0.29, 0.717) is 19.1 Å². The lowest BCUT2D eigenvalue weighted by Gasteiger charge is -2.35. The van der Waals surface area contributed by atoms with Gasteiger partial charge in [0.2, 0.25) is 5.91 Å². The minimum absolute atomic E-state index is 0.0200.